The van der Waals surface area contributed by atoms with Crippen molar-refractivity contribution in [1.29, 1.82) is 0 Å². The topological polar surface area (TPSA) is 199 Å². The molecule has 0 spiro atoms. The van der Waals surface area contributed by atoms with Crippen molar-refractivity contribution in [3.8, 4) is 0 Å². The molecule has 0 bridgehead atoms. The fourth-order valence-electron chi connectivity index (χ4n) is 2.75. The molecule has 0 radical (unpaired) electrons. The second kappa shape index (κ2) is 8.99. The maximum Gasteiger partial charge on any atom is 0.326 e. The summed E-state index contributed by atoms with van der Waals surface area (Å²) in [6, 6.07) is -1.92. The molecule has 144 valence electrons. The van der Waals surface area contributed by atoms with E-state index in [0.717, 1.165) is 0 Å². The Labute approximate surface area is 149 Å². The number of carboxylic acids is 1. The van der Waals surface area contributed by atoms with Gasteiger partial charge in [0.2, 0.25) is 5.89 Å². The van der Waals surface area contributed by atoms with E-state index in [1.807, 2.05) is 0 Å². The first kappa shape index (κ1) is 19.4. The Bertz CT molecular complexity index is 657. The van der Waals surface area contributed by atoms with Gasteiger partial charge in [-0.1, -0.05) is 5.16 Å². The van der Waals surface area contributed by atoms with Crippen LogP contribution < -0.4 is 22.5 Å². The Morgan fingerprint density at radius 3 is 2.85 bits per heavy atom. The average molecular weight is 368 g/mol. The van der Waals surface area contributed by atoms with Gasteiger partial charge in [0.15, 0.2) is 11.8 Å². The molecule has 0 aliphatic carbocycles. The Morgan fingerprint density at radius 1 is 1.46 bits per heavy atom. The lowest BCUT2D eigenvalue weighted by Gasteiger charge is -2.24. The number of guanidine groups is 1. The number of likely N-dealkylation sites (tertiary alicyclic amines) is 1. The van der Waals surface area contributed by atoms with Crippen molar-refractivity contribution in [2.75, 3.05) is 13.1 Å². The van der Waals surface area contributed by atoms with Gasteiger partial charge in [0.1, 0.15) is 12.1 Å². The molecule has 2 rings (SSSR count). The van der Waals surface area contributed by atoms with E-state index >= 15 is 0 Å². The highest BCUT2D eigenvalue weighted by molar-refractivity contribution is 5.83. The van der Waals surface area contributed by atoms with Crippen LogP contribution in [0.25, 0.3) is 0 Å². The first-order chi connectivity index (χ1) is 12.4. The maximum absolute atomic E-state index is 12.5. The van der Waals surface area contributed by atoms with Crippen LogP contribution in [0.1, 0.15) is 43.4 Å². The quantitative estimate of drug-likeness (QED) is 0.214. The van der Waals surface area contributed by atoms with E-state index in [1.54, 1.807) is 0 Å². The minimum Gasteiger partial charge on any atom is -0.480 e. The van der Waals surface area contributed by atoms with E-state index in [-0.39, 0.29) is 18.4 Å². The summed E-state index contributed by atoms with van der Waals surface area (Å²) in [5.41, 5.74) is 16.1. The maximum atomic E-state index is 12.5. The molecule has 2 amide bonds. The summed E-state index contributed by atoms with van der Waals surface area (Å²) in [6.07, 6.45) is 2.04. The number of carboxylic acid groups (broad SMARTS) is 1. The van der Waals surface area contributed by atoms with Gasteiger partial charge in [0, 0.05) is 13.1 Å². The van der Waals surface area contributed by atoms with Gasteiger partial charge in [-0.3, -0.25) is 4.99 Å². The van der Waals surface area contributed by atoms with Gasteiger partial charge in [0.05, 0.1) is 6.54 Å². The number of aliphatic imine (C=N–C) groups is 1. The van der Waals surface area contributed by atoms with E-state index in [9.17, 15) is 14.7 Å². The molecule has 1 aromatic rings. The summed E-state index contributed by atoms with van der Waals surface area (Å²) in [5.74, 6) is -0.525. The Morgan fingerprint density at radius 2 is 2.23 bits per heavy atom. The number of hydrogen-bond donors (Lipinski definition) is 5. The molecule has 0 saturated carbocycles. The highest BCUT2D eigenvalue weighted by Gasteiger charge is 2.35. The Balaban J connectivity index is 2.06. The fourth-order valence-corrected chi connectivity index (χ4v) is 2.75. The van der Waals surface area contributed by atoms with Crippen molar-refractivity contribution in [3.63, 3.8) is 0 Å². The first-order valence-corrected chi connectivity index (χ1v) is 8.30. The molecule has 0 unspecified atom stereocenters. The molecule has 0 aromatic carbocycles. The molecule has 1 saturated heterocycles. The molecule has 1 aliphatic heterocycles. The Kier molecular flexibility index (Phi) is 6.72. The van der Waals surface area contributed by atoms with Crippen LogP contribution in [-0.2, 0) is 11.3 Å². The van der Waals surface area contributed by atoms with Crippen molar-refractivity contribution in [3.05, 3.63) is 11.7 Å². The van der Waals surface area contributed by atoms with Crippen LogP contribution >= 0.6 is 0 Å². The third kappa shape index (κ3) is 5.05. The van der Waals surface area contributed by atoms with Gasteiger partial charge in [-0.25, -0.2) is 9.59 Å². The number of rotatable bonds is 8. The van der Waals surface area contributed by atoms with Crippen molar-refractivity contribution >= 4 is 18.0 Å². The number of nitrogens with zero attached hydrogens (tertiary/aromatic N) is 4. The smallest absolute Gasteiger partial charge is 0.326 e. The lowest BCUT2D eigenvalue weighted by molar-refractivity contribution is -0.141. The van der Waals surface area contributed by atoms with E-state index in [0.29, 0.717) is 44.6 Å². The number of aromatic nitrogens is 2. The lowest BCUT2D eigenvalue weighted by Crippen LogP contribution is -2.47. The fraction of sp³-hybridized carbons (Fsp3) is 0.643. The molecule has 12 nitrogen and oxygen atoms in total. The van der Waals surface area contributed by atoms with Crippen LogP contribution in [0.5, 0.6) is 0 Å². The minimum absolute atomic E-state index is 0.0184. The van der Waals surface area contributed by atoms with E-state index in [1.165, 1.54) is 4.90 Å². The number of amides is 2. The van der Waals surface area contributed by atoms with Crippen LogP contribution in [0.2, 0.25) is 0 Å². The second-order valence-electron chi connectivity index (χ2n) is 5.89. The second-order valence-corrected chi connectivity index (χ2v) is 5.89. The van der Waals surface area contributed by atoms with Gasteiger partial charge < -0.3 is 37.0 Å². The van der Waals surface area contributed by atoms with Gasteiger partial charge in [0.25, 0.3) is 0 Å². The van der Waals surface area contributed by atoms with E-state index in [2.05, 4.69) is 20.4 Å². The zero-order chi connectivity index (χ0) is 19.1. The monoisotopic (exact) mass is 368 g/mol. The SMILES string of the molecule is NCc1noc([C@H](CCCN=C(N)N)NC(=O)N2CCC[C@@H]2C(=O)O)n1. The molecular formula is C14H24N8O4. The van der Waals surface area contributed by atoms with E-state index in [4.69, 9.17) is 21.7 Å². The van der Waals surface area contributed by atoms with Crippen molar-refractivity contribution in [2.24, 2.45) is 22.2 Å². The number of nitrogens with one attached hydrogen (secondary N) is 1. The first-order valence-electron chi connectivity index (χ1n) is 8.30. The third-order valence-electron chi connectivity index (χ3n) is 4.01. The van der Waals surface area contributed by atoms with Crippen LogP contribution in [0.15, 0.2) is 9.52 Å². The van der Waals surface area contributed by atoms with Crippen molar-refractivity contribution in [1.82, 2.24) is 20.4 Å². The minimum atomic E-state index is -1.02. The van der Waals surface area contributed by atoms with Crippen molar-refractivity contribution in [2.45, 2.75) is 44.3 Å². The lowest BCUT2D eigenvalue weighted by atomic mass is 10.1. The van der Waals surface area contributed by atoms with Crippen molar-refractivity contribution < 1.29 is 19.2 Å². The highest BCUT2D eigenvalue weighted by atomic mass is 16.5. The standard InChI is InChI=1S/C14H24N8O4/c15-7-10-20-11(26-21-10)8(3-1-5-18-13(16)17)19-14(25)22-6-2-4-9(22)12(23)24/h8-9H,1-7,15H2,(H,19,25)(H,23,24)(H4,16,17,18)/t8-,9+/m0/s1. The number of hydrogen-bond acceptors (Lipinski definition) is 7. The highest BCUT2D eigenvalue weighted by Crippen LogP contribution is 2.21. The molecular weight excluding hydrogens is 344 g/mol. The summed E-state index contributed by atoms with van der Waals surface area (Å²) >= 11 is 0. The summed E-state index contributed by atoms with van der Waals surface area (Å²) in [6.45, 7) is 0.848. The summed E-state index contributed by atoms with van der Waals surface area (Å²) in [7, 11) is 0. The van der Waals surface area contributed by atoms with Gasteiger partial charge in [-0.2, -0.15) is 4.98 Å². The number of urea groups is 1. The molecule has 2 atom stereocenters. The summed E-state index contributed by atoms with van der Waals surface area (Å²) in [5, 5.41) is 15.7. The molecule has 1 aromatic heterocycles. The number of aliphatic carboxylic acids is 1. The molecule has 1 fully saturated rings. The predicted octanol–water partition coefficient (Wildman–Crippen LogP) is -1.12. The number of nitrogens with two attached hydrogens (primary N) is 3. The van der Waals surface area contributed by atoms with Crippen LogP contribution in [0.3, 0.4) is 0 Å². The van der Waals surface area contributed by atoms with Crippen LogP contribution in [-0.4, -0.2) is 57.2 Å². The zero-order valence-electron chi connectivity index (χ0n) is 14.3. The molecule has 26 heavy (non-hydrogen) atoms. The van der Waals surface area contributed by atoms with E-state index < -0.39 is 24.1 Å². The summed E-state index contributed by atoms with van der Waals surface area (Å²) < 4.78 is 5.16. The van der Waals surface area contributed by atoms with Gasteiger partial charge in [-0.15, -0.1) is 0 Å². The predicted molar refractivity (Wildman–Crippen MR) is 90.7 cm³/mol. The average Bonchev–Trinajstić information content (AvgIpc) is 3.26. The number of carbonyl (C=O) groups is 2. The largest absolute Gasteiger partial charge is 0.480 e. The van der Waals surface area contributed by atoms with Gasteiger partial charge >= 0.3 is 12.0 Å². The molecule has 8 N–H and O–H groups in total. The zero-order valence-corrected chi connectivity index (χ0v) is 14.3. The summed E-state index contributed by atoms with van der Waals surface area (Å²) in [4.78, 5) is 33.1. The van der Waals surface area contributed by atoms with Gasteiger partial charge in [-0.05, 0) is 25.7 Å². The molecule has 12 heteroatoms. The molecule has 2 heterocycles. The number of carbonyl (C=O) groups excluding carboxylic acids is 1. The Hall–Kier alpha value is -2.89. The molecule has 1 aliphatic rings. The van der Waals surface area contributed by atoms with Crippen LogP contribution in [0, 0.1) is 0 Å². The normalized spacial score (nSPS) is 17.7. The third-order valence-corrected chi connectivity index (χ3v) is 4.01. The van der Waals surface area contributed by atoms with Crippen LogP contribution in [0.4, 0.5) is 4.79 Å².